The minimum atomic E-state index is -0.0286. The maximum absolute atomic E-state index is 11.6. The Hall–Kier alpha value is -1.16. The molecule has 0 saturated carbocycles. The number of aryl methyl sites for hydroxylation is 2. The quantitative estimate of drug-likeness (QED) is 0.730. The predicted octanol–water partition coefficient (Wildman–Crippen LogP) is 0.396. The minimum Gasteiger partial charge on any atom is -0.330 e. The lowest BCUT2D eigenvalue weighted by atomic mass is 10.1. The van der Waals surface area contributed by atoms with Crippen LogP contribution in [0.1, 0.15) is 30.9 Å². The number of aromatic amines is 1. The Morgan fingerprint density at radius 1 is 1.36 bits per heavy atom. The summed E-state index contributed by atoms with van der Waals surface area (Å²) in [5.74, 6) is 0.757. The average Bonchev–Trinajstić information content (AvgIpc) is 2.20. The van der Waals surface area contributed by atoms with Crippen LogP contribution < -0.4 is 11.3 Å². The van der Waals surface area contributed by atoms with Crippen LogP contribution in [0.4, 0.5) is 0 Å². The van der Waals surface area contributed by atoms with E-state index < -0.39 is 0 Å². The van der Waals surface area contributed by atoms with E-state index in [9.17, 15) is 4.79 Å². The van der Waals surface area contributed by atoms with Gasteiger partial charge in [0.25, 0.3) is 5.56 Å². The summed E-state index contributed by atoms with van der Waals surface area (Å²) in [6.45, 7) is 4.46. The Labute approximate surface area is 83.6 Å². The third kappa shape index (κ3) is 2.20. The van der Waals surface area contributed by atoms with E-state index in [0.29, 0.717) is 13.0 Å². The monoisotopic (exact) mass is 195 g/mol. The molecule has 0 fully saturated rings. The van der Waals surface area contributed by atoms with Crippen molar-refractivity contribution < 1.29 is 0 Å². The maximum Gasteiger partial charge on any atom is 0.254 e. The van der Waals surface area contributed by atoms with Crippen molar-refractivity contribution in [1.82, 2.24) is 9.97 Å². The first-order valence-corrected chi connectivity index (χ1v) is 5.03. The van der Waals surface area contributed by atoms with E-state index in [1.807, 2.05) is 13.8 Å². The fourth-order valence-corrected chi connectivity index (χ4v) is 1.46. The van der Waals surface area contributed by atoms with Crippen molar-refractivity contribution in [1.29, 1.82) is 0 Å². The Bertz CT molecular complexity index is 357. The molecule has 1 rings (SSSR count). The number of nitrogens with two attached hydrogens (primary N) is 1. The van der Waals surface area contributed by atoms with Crippen molar-refractivity contribution >= 4 is 0 Å². The number of hydrogen-bond donors (Lipinski definition) is 2. The minimum absolute atomic E-state index is 0.0286. The molecular weight excluding hydrogens is 178 g/mol. The largest absolute Gasteiger partial charge is 0.330 e. The van der Waals surface area contributed by atoms with Gasteiger partial charge in [0, 0.05) is 12.0 Å². The Kier molecular flexibility index (Phi) is 3.83. The standard InChI is InChI=1S/C10H17N3O/c1-3-8-7(5-6-11)10(14)13-9(4-2)12-8/h3-6,11H2,1-2H3,(H,12,13,14). The topological polar surface area (TPSA) is 71.8 Å². The van der Waals surface area contributed by atoms with E-state index in [0.717, 1.165) is 29.9 Å². The summed E-state index contributed by atoms with van der Waals surface area (Å²) in [7, 11) is 0. The van der Waals surface area contributed by atoms with Crippen LogP contribution in [0, 0.1) is 0 Å². The number of hydrogen-bond acceptors (Lipinski definition) is 3. The molecule has 0 atom stereocenters. The van der Waals surface area contributed by atoms with Gasteiger partial charge in [-0.15, -0.1) is 0 Å². The van der Waals surface area contributed by atoms with Gasteiger partial charge in [0.2, 0.25) is 0 Å². The van der Waals surface area contributed by atoms with Crippen LogP contribution in [0.25, 0.3) is 0 Å². The molecule has 0 aromatic carbocycles. The highest BCUT2D eigenvalue weighted by atomic mass is 16.1. The molecule has 0 aliphatic rings. The Morgan fingerprint density at radius 3 is 2.57 bits per heavy atom. The first-order valence-electron chi connectivity index (χ1n) is 5.03. The summed E-state index contributed by atoms with van der Waals surface area (Å²) in [4.78, 5) is 18.8. The van der Waals surface area contributed by atoms with Crippen molar-refractivity contribution in [3.05, 3.63) is 27.4 Å². The fraction of sp³-hybridized carbons (Fsp3) is 0.600. The van der Waals surface area contributed by atoms with Crippen molar-refractivity contribution in [3.8, 4) is 0 Å². The van der Waals surface area contributed by atoms with E-state index in [4.69, 9.17) is 5.73 Å². The molecule has 1 aromatic heterocycles. The van der Waals surface area contributed by atoms with Gasteiger partial charge in [-0.25, -0.2) is 4.98 Å². The summed E-state index contributed by atoms with van der Waals surface area (Å²) in [5.41, 5.74) is 7.04. The summed E-state index contributed by atoms with van der Waals surface area (Å²) in [5, 5.41) is 0. The van der Waals surface area contributed by atoms with Crippen molar-refractivity contribution in [2.75, 3.05) is 6.54 Å². The number of aromatic nitrogens is 2. The molecule has 0 saturated heterocycles. The average molecular weight is 195 g/mol. The van der Waals surface area contributed by atoms with E-state index in [1.54, 1.807) is 0 Å². The zero-order chi connectivity index (χ0) is 10.6. The predicted molar refractivity (Wildman–Crippen MR) is 56.4 cm³/mol. The number of rotatable bonds is 4. The maximum atomic E-state index is 11.6. The van der Waals surface area contributed by atoms with E-state index in [1.165, 1.54) is 0 Å². The third-order valence-corrected chi connectivity index (χ3v) is 2.21. The molecule has 4 heteroatoms. The third-order valence-electron chi connectivity index (χ3n) is 2.21. The summed E-state index contributed by atoms with van der Waals surface area (Å²) < 4.78 is 0. The van der Waals surface area contributed by atoms with Gasteiger partial charge in [-0.3, -0.25) is 4.79 Å². The van der Waals surface area contributed by atoms with E-state index in [2.05, 4.69) is 9.97 Å². The van der Waals surface area contributed by atoms with Gasteiger partial charge in [-0.2, -0.15) is 0 Å². The first-order chi connectivity index (χ1) is 6.72. The fourth-order valence-electron chi connectivity index (χ4n) is 1.46. The van der Waals surface area contributed by atoms with Crippen LogP contribution in [0.2, 0.25) is 0 Å². The molecule has 1 heterocycles. The van der Waals surface area contributed by atoms with Crippen molar-refractivity contribution in [2.45, 2.75) is 33.1 Å². The van der Waals surface area contributed by atoms with Gasteiger partial charge in [0.15, 0.2) is 0 Å². The molecule has 0 spiro atoms. The van der Waals surface area contributed by atoms with Crippen LogP contribution in [-0.2, 0) is 19.3 Å². The molecule has 3 N–H and O–H groups in total. The summed E-state index contributed by atoms with van der Waals surface area (Å²) in [6, 6.07) is 0. The second-order valence-corrected chi connectivity index (χ2v) is 3.18. The summed E-state index contributed by atoms with van der Waals surface area (Å²) in [6.07, 6.45) is 2.15. The normalized spacial score (nSPS) is 10.5. The van der Waals surface area contributed by atoms with Gasteiger partial charge < -0.3 is 10.7 Å². The molecule has 0 unspecified atom stereocenters. The highest BCUT2D eigenvalue weighted by Gasteiger charge is 2.08. The Balaban J connectivity index is 3.20. The van der Waals surface area contributed by atoms with Crippen LogP contribution in [-0.4, -0.2) is 16.5 Å². The molecule has 78 valence electrons. The van der Waals surface area contributed by atoms with Gasteiger partial charge in [0.1, 0.15) is 5.82 Å². The number of nitrogens with one attached hydrogen (secondary N) is 1. The molecule has 0 aliphatic heterocycles. The zero-order valence-electron chi connectivity index (χ0n) is 8.76. The second kappa shape index (κ2) is 4.91. The van der Waals surface area contributed by atoms with E-state index >= 15 is 0 Å². The molecule has 0 amide bonds. The van der Waals surface area contributed by atoms with Gasteiger partial charge in [0.05, 0.1) is 5.69 Å². The van der Waals surface area contributed by atoms with Gasteiger partial charge >= 0.3 is 0 Å². The van der Waals surface area contributed by atoms with Crippen LogP contribution in [0.15, 0.2) is 4.79 Å². The first kappa shape index (κ1) is 10.9. The van der Waals surface area contributed by atoms with E-state index in [-0.39, 0.29) is 5.56 Å². The highest BCUT2D eigenvalue weighted by Crippen LogP contribution is 2.02. The van der Waals surface area contributed by atoms with Crippen molar-refractivity contribution in [3.63, 3.8) is 0 Å². The molecule has 0 bridgehead atoms. The lowest BCUT2D eigenvalue weighted by Crippen LogP contribution is -2.22. The summed E-state index contributed by atoms with van der Waals surface area (Å²) >= 11 is 0. The SMILES string of the molecule is CCc1nc(CC)c(CCN)c(=O)[nH]1. The zero-order valence-corrected chi connectivity index (χ0v) is 8.76. The van der Waals surface area contributed by atoms with Crippen LogP contribution in [0.5, 0.6) is 0 Å². The lowest BCUT2D eigenvalue weighted by molar-refractivity contribution is 0.816. The second-order valence-electron chi connectivity index (χ2n) is 3.18. The molecule has 4 nitrogen and oxygen atoms in total. The Morgan fingerprint density at radius 2 is 2.07 bits per heavy atom. The molecule has 0 radical (unpaired) electrons. The van der Waals surface area contributed by atoms with Gasteiger partial charge in [-0.1, -0.05) is 13.8 Å². The molecule has 14 heavy (non-hydrogen) atoms. The van der Waals surface area contributed by atoms with Crippen LogP contribution >= 0.6 is 0 Å². The smallest absolute Gasteiger partial charge is 0.254 e. The van der Waals surface area contributed by atoms with Crippen molar-refractivity contribution in [2.24, 2.45) is 5.73 Å². The van der Waals surface area contributed by atoms with Crippen LogP contribution in [0.3, 0.4) is 0 Å². The molecular formula is C10H17N3O. The molecule has 0 aliphatic carbocycles. The lowest BCUT2D eigenvalue weighted by Gasteiger charge is -2.06. The number of H-pyrrole nitrogens is 1. The van der Waals surface area contributed by atoms with Gasteiger partial charge in [-0.05, 0) is 19.4 Å². The molecule has 1 aromatic rings. The number of nitrogens with zero attached hydrogens (tertiary/aromatic N) is 1. The highest BCUT2D eigenvalue weighted by molar-refractivity contribution is 5.18.